The van der Waals surface area contributed by atoms with Crippen molar-refractivity contribution in [3.8, 4) is 5.75 Å². The number of hydrogen-bond acceptors (Lipinski definition) is 4. The van der Waals surface area contributed by atoms with Gasteiger partial charge in [-0.25, -0.2) is 4.79 Å². The molecule has 0 radical (unpaired) electrons. The fourth-order valence-electron chi connectivity index (χ4n) is 3.04. The van der Waals surface area contributed by atoms with Crippen LogP contribution in [0, 0.1) is 6.92 Å². The molecule has 2 amide bonds. The molecule has 0 aliphatic carbocycles. The van der Waals surface area contributed by atoms with E-state index < -0.39 is 18.2 Å². The zero-order valence-corrected chi connectivity index (χ0v) is 19.2. The first-order chi connectivity index (χ1) is 13.8. The minimum atomic E-state index is -2.92. The van der Waals surface area contributed by atoms with Gasteiger partial charge in [0, 0.05) is 10.6 Å². The molecule has 1 aromatic carbocycles. The lowest BCUT2D eigenvalue weighted by Gasteiger charge is -2.22. The van der Waals surface area contributed by atoms with E-state index in [2.05, 4.69) is 15.4 Å². The Labute approximate surface area is 180 Å². The minimum absolute atomic E-state index is 0.0238. The summed E-state index contributed by atoms with van der Waals surface area (Å²) in [5, 5.41) is 16.6. The summed E-state index contributed by atoms with van der Waals surface area (Å²) >= 11 is 1.31. The van der Waals surface area contributed by atoms with E-state index in [0.29, 0.717) is 21.8 Å². The third kappa shape index (κ3) is 5.92. The zero-order valence-electron chi connectivity index (χ0n) is 18.4. The second kappa shape index (κ2) is 9.31. The Kier molecular flexibility index (Phi) is 7.47. The molecule has 30 heavy (non-hydrogen) atoms. The number of benzene rings is 1. The van der Waals surface area contributed by atoms with Gasteiger partial charge in [0.05, 0.1) is 10.6 Å². The molecule has 0 bridgehead atoms. The number of aryl methyl sites for hydroxylation is 1. The highest BCUT2D eigenvalue weighted by Crippen LogP contribution is 2.38. The maximum atomic E-state index is 12.8. The Hall–Kier alpha value is -2.19. The number of halogens is 2. The van der Waals surface area contributed by atoms with Crippen LogP contribution in [0.15, 0.2) is 18.2 Å². The molecule has 5 nitrogen and oxygen atoms in total. The Morgan fingerprint density at radius 3 is 2.00 bits per heavy atom. The van der Waals surface area contributed by atoms with Crippen LogP contribution >= 0.6 is 11.3 Å². The molecule has 0 atom stereocenters. The molecular formula is C22H30F2N2O3S. The molecule has 3 N–H and O–H groups in total. The number of ether oxygens (including phenoxy) is 1. The number of thiophene rings is 1. The van der Waals surface area contributed by atoms with Crippen molar-refractivity contribution in [1.82, 2.24) is 0 Å². The number of carbonyl (C=O) groups is 1. The van der Waals surface area contributed by atoms with Gasteiger partial charge < -0.3 is 15.2 Å². The summed E-state index contributed by atoms with van der Waals surface area (Å²) in [5.41, 5.74) is 1.87. The van der Waals surface area contributed by atoms with Crippen molar-refractivity contribution in [2.45, 2.75) is 72.5 Å². The van der Waals surface area contributed by atoms with E-state index in [4.69, 9.17) is 0 Å². The van der Waals surface area contributed by atoms with Gasteiger partial charge in [0.15, 0.2) is 0 Å². The summed E-state index contributed by atoms with van der Waals surface area (Å²) < 4.78 is 30.1. The maximum Gasteiger partial charge on any atom is 0.387 e. The van der Waals surface area contributed by atoms with Crippen LogP contribution in [-0.2, 0) is 5.60 Å². The molecule has 0 saturated heterocycles. The minimum Gasteiger partial charge on any atom is -0.435 e. The Morgan fingerprint density at radius 1 is 1.07 bits per heavy atom. The first kappa shape index (κ1) is 24.1. The number of anilines is 2. The average molecular weight is 441 g/mol. The predicted molar refractivity (Wildman–Crippen MR) is 118 cm³/mol. The second-order valence-corrected chi connectivity index (χ2v) is 9.48. The van der Waals surface area contributed by atoms with E-state index in [0.717, 1.165) is 10.4 Å². The molecule has 0 spiro atoms. The standard InChI is InChI=1S/C22H30F2N2O3S/c1-11(2)15-9-14(29-20(23)24)10-16(12(3)4)18(15)25-21(27)26-19-13(5)8-17(30-19)22(6,7)28/h8-12,20,28H,1-7H3,(H2,25,26,27). The largest absolute Gasteiger partial charge is 0.435 e. The highest BCUT2D eigenvalue weighted by atomic mass is 32.1. The van der Waals surface area contributed by atoms with Gasteiger partial charge >= 0.3 is 12.6 Å². The number of nitrogens with one attached hydrogen (secondary N) is 2. The monoisotopic (exact) mass is 440 g/mol. The van der Waals surface area contributed by atoms with Crippen molar-refractivity contribution < 1.29 is 23.4 Å². The first-order valence-electron chi connectivity index (χ1n) is 9.83. The number of aliphatic hydroxyl groups is 1. The lowest BCUT2D eigenvalue weighted by Crippen LogP contribution is -2.22. The Bertz CT molecular complexity index is 873. The third-order valence-electron chi connectivity index (χ3n) is 4.63. The molecule has 1 aromatic heterocycles. The van der Waals surface area contributed by atoms with E-state index in [1.165, 1.54) is 11.3 Å². The van der Waals surface area contributed by atoms with Gasteiger partial charge in [0.25, 0.3) is 0 Å². The van der Waals surface area contributed by atoms with E-state index in [-0.39, 0.29) is 17.6 Å². The van der Waals surface area contributed by atoms with Crippen molar-refractivity contribution in [2.24, 2.45) is 0 Å². The van der Waals surface area contributed by atoms with E-state index in [1.54, 1.807) is 26.0 Å². The van der Waals surface area contributed by atoms with Crippen molar-refractivity contribution in [2.75, 3.05) is 10.6 Å². The van der Waals surface area contributed by atoms with Crippen LogP contribution in [0.1, 0.15) is 74.9 Å². The van der Waals surface area contributed by atoms with E-state index in [1.807, 2.05) is 40.7 Å². The van der Waals surface area contributed by atoms with Crippen LogP contribution < -0.4 is 15.4 Å². The highest BCUT2D eigenvalue weighted by Gasteiger charge is 2.23. The molecule has 0 aliphatic rings. The van der Waals surface area contributed by atoms with Gasteiger partial charge in [-0.15, -0.1) is 11.3 Å². The van der Waals surface area contributed by atoms with Gasteiger partial charge in [0.1, 0.15) is 5.75 Å². The van der Waals surface area contributed by atoms with Gasteiger partial charge in [0.2, 0.25) is 0 Å². The average Bonchev–Trinajstić information content (AvgIpc) is 2.95. The molecule has 0 saturated carbocycles. The molecule has 0 aliphatic heterocycles. The number of amides is 2. The predicted octanol–water partition coefficient (Wildman–Crippen LogP) is 6.78. The number of rotatable bonds is 7. The molecular weight excluding hydrogens is 410 g/mol. The highest BCUT2D eigenvalue weighted by molar-refractivity contribution is 7.16. The van der Waals surface area contributed by atoms with Crippen molar-refractivity contribution >= 4 is 28.1 Å². The van der Waals surface area contributed by atoms with Crippen LogP contribution in [0.2, 0.25) is 0 Å². The van der Waals surface area contributed by atoms with Crippen LogP contribution in [-0.4, -0.2) is 17.7 Å². The molecule has 2 rings (SSSR count). The number of alkyl halides is 2. The quantitative estimate of drug-likeness (QED) is 0.445. The number of hydrogen-bond donors (Lipinski definition) is 3. The Balaban J connectivity index is 2.36. The fraction of sp³-hybridized carbons (Fsp3) is 0.500. The zero-order chi connectivity index (χ0) is 22.8. The second-order valence-electron chi connectivity index (χ2n) is 8.43. The molecule has 2 aromatic rings. The van der Waals surface area contributed by atoms with Crippen molar-refractivity contribution in [3.63, 3.8) is 0 Å². The Morgan fingerprint density at radius 2 is 1.60 bits per heavy atom. The molecule has 166 valence electrons. The fourth-order valence-corrected chi connectivity index (χ4v) is 4.11. The summed E-state index contributed by atoms with van der Waals surface area (Å²) in [5.74, 6) is 0.0286. The lowest BCUT2D eigenvalue weighted by molar-refractivity contribution is -0.0499. The normalized spacial score (nSPS) is 12.0. The van der Waals surface area contributed by atoms with Crippen LogP contribution in [0.25, 0.3) is 0 Å². The van der Waals surface area contributed by atoms with Gasteiger partial charge in [-0.1, -0.05) is 27.7 Å². The van der Waals surface area contributed by atoms with E-state index in [9.17, 15) is 18.7 Å². The smallest absolute Gasteiger partial charge is 0.387 e. The van der Waals surface area contributed by atoms with Crippen LogP contribution in [0.4, 0.5) is 24.3 Å². The summed E-state index contributed by atoms with van der Waals surface area (Å²) in [6, 6.07) is 4.49. The molecule has 0 fully saturated rings. The number of carbonyl (C=O) groups excluding carboxylic acids is 1. The lowest BCUT2D eigenvalue weighted by atomic mass is 9.92. The summed E-state index contributed by atoms with van der Waals surface area (Å²) in [6.07, 6.45) is 0. The number of urea groups is 1. The summed E-state index contributed by atoms with van der Waals surface area (Å²) in [6.45, 7) is 10.0. The van der Waals surface area contributed by atoms with Gasteiger partial charge in [-0.3, -0.25) is 5.32 Å². The van der Waals surface area contributed by atoms with Crippen molar-refractivity contribution in [1.29, 1.82) is 0 Å². The van der Waals surface area contributed by atoms with Crippen LogP contribution in [0.5, 0.6) is 5.75 Å². The SMILES string of the molecule is Cc1cc(C(C)(C)O)sc1NC(=O)Nc1c(C(C)C)cc(OC(F)F)cc1C(C)C. The third-order valence-corrected chi connectivity index (χ3v) is 6.09. The van der Waals surface area contributed by atoms with E-state index >= 15 is 0 Å². The van der Waals surface area contributed by atoms with Gasteiger partial charge in [-0.2, -0.15) is 8.78 Å². The van der Waals surface area contributed by atoms with Crippen LogP contribution in [0.3, 0.4) is 0 Å². The first-order valence-corrected chi connectivity index (χ1v) is 10.6. The molecule has 1 heterocycles. The molecule has 0 unspecified atom stereocenters. The summed E-state index contributed by atoms with van der Waals surface area (Å²) in [7, 11) is 0. The molecule has 8 heteroatoms. The maximum absolute atomic E-state index is 12.8. The van der Waals surface area contributed by atoms with Gasteiger partial charge in [-0.05, 0) is 67.5 Å². The van der Waals surface area contributed by atoms with Crippen molar-refractivity contribution in [3.05, 3.63) is 39.8 Å². The summed E-state index contributed by atoms with van der Waals surface area (Å²) in [4.78, 5) is 13.5. The topological polar surface area (TPSA) is 70.6 Å².